The highest BCUT2D eigenvalue weighted by Crippen LogP contribution is 2.18. The van der Waals surface area contributed by atoms with Gasteiger partial charge in [0.2, 0.25) is 10.0 Å². The molecule has 7 nitrogen and oxygen atoms in total. The van der Waals surface area contributed by atoms with Gasteiger partial charge in [0.15, 0.2) is 0 Å². The molecule has 0 saturated carbocycles. The Morgan fingerprint density at radius 3 is 2.45 bits per heavy atom. The molecule has 2 heterocycles. The van der Waals surface area contributed by atoms with Crippen LogP contribution in [-0.4, -0.2) is 60.9 Å². The number of halogens is 1. The monoisotopic (exact) mass is 318 g/mol. The molecule has 0 aliphatic carbocycles. The second-order valence-electron chi connectivity index (χ2n) is 4.52. The van der Waals surface area contributed by atoms with Crippen molar-refractivity contribution in [1.29, 1.82) is 0 Å². The van der Waals surface area contributed by atoms with Crippen molar-refractivity contribution in [2.45, 2.75) is 0 Å². The number of sulfonamides is 1. The number of nitrogens with zero attached hydrogens (tertiary/aromatic N) is 3. The molecule has 1 aromatic rings. The Morgan fingerprint density at radius 2 is 1.90 bits per heavy atom. The van der Waals surface area contributed by atoms with Crippen LogP contribution in [0.2, 0.25) is 5.02 Å². The number of hydrogen-bond acceptors (Lipinski definition) is 5. The zero-order valence-electron chi connectivity index (χ0n) is 10.9. The maximum atomic E-state index is 12.3. The largest absolute Gasteiger partial charge is 0.384 e. The Labute approximate surface area is 122 Å². The summed E-state index contributed by atoms with van der Waals surface area (Å²) in [6.07, 6.45) is 1.15. The minimum Gasteiger partial charge on any atom is -0.384 e. The fourth-order valence-electron chi connectivity index (χ4n) is 1.98. The van der Waals surface area contributed by atoms with Gasteiger partial charge in [-0.1, -0.05) is 11.6 Å². The molecule has 2 N–H and O–H groups in total. The van der Waals surface area contributed by atoms with E-state index in [-0.39, 0.29) is 35.5 Å². The van der Waals surface area contributed by atoms with E-state index in [9.17, 15) is 13.2 Å². The van der Waals surface area contributed by atoms with Gasteiger partial charge in [-0.05, 0) is 12.1 Å². The van der Waals surface area contributed by atoms with Crippen molar-refractivity contribution in [3.05, 3.63) is 22.8 Å². The molecule has 1 amide bonds. The number of piperazine rings is 1. The first kappa shape index (κ1) is 15.0. The summed E-state index contributed by atoms with van der Waals surface area (Å²) in [5, 5.41) is 0.231. The Balaban J connectivity index is 2.11. The third-order valence-corrected chi connectivity index (χ3v) is 4.67. The number of carbonyl (C=O) groups is 1. The number of carbonyl (C=O) groups excluding carboxylic acids is 1. The molecular weight excluding hydrogens is 304 g/mol. The highest BCUT2D eigenvalue weighted by atomic mass is 35.5. The summed E-state index contributed by atoms with van der Waals surface area (Å²) in [6.45, 7) is 1.15. The molecule has 0 bridgehead atoms. The second-order valence-corrected chi connectivity index (χ2v) is 6.91. The topological polar surface area (TPSA) is 96.6 Å². The highest BCUT2D eigenvalue weighted by molar-refractivity contribution is 7.88. The van der Waals surface area contributed by atoms with Crippen molar-refractivity contribution in [2.24, 2.45) is 0 Å². The summed E-state index contributed by atoms with van der Waals surface area (Å²) in [5.74, 6) is -0.122. The van der Waals surface area contributed by atoms with Gasteiger partial charge >= 0.3 is 0 Å². The standard InChI is InChI=1S/C11H15ClN4O3S/c1-20(18,19)16-6-4-15(5-7-16)11(17)10-8(12)2-3-9(13)14-10/h2-3H,4-7H2,1H3,(H2,13,14). The lowest BCUT2D eigenvalue weighted by Crippen LogP contribution is -2.50. The molecule has 1 aliphatic rings. The van der Waals surface area contributed by atoms with E-state index in [4.69, 9.17) is 17.3 Å². The predicted molar refractivity (Wildman–Crippen MR) is 76.0 cm³/mol. The third kappa shape index (κ3) is 3.20. The quantitative estimate of drug-likeness (QED) is 0.830. The lowest BCUT2D eigenvalue weighted by molar-refractivity contribution is 0.0692. The number of anilines is 1. The van der Waals surface area contributed by atoms with Crippen molar-refractivity contribution in [3.8, 4) is 0 Å². The van der Waals surface area contributed by atoms with Crippen LogP contribution in [0.4, 0.5) is 5.82 Å². The van der Waals surface area contributed by atoms with Gasteiger partial charge in [0.25, 0.3) is 5.91 Å². The van der Waals surface area contributed by atoms with Crippen LogP contribution in [0.3, 0.4) is 0 Å². The van der Waals surface area contributed by atoms with Crippen LogP contribution in [0.5, 0.6) is 0 Å². The lowest BCUT2D eigenvalue weighted by atomic mass is 10.2. The van der Waals surface area contributed by atoms with Crippen LogP contribution in [0.25, 0.3) is 0 Å². The van der Waals surface area contributed by atoms with E-state index in [0.29, 0.717) is 13.1 Å². The first-order valence-electron chi connectivity index (χ1n) is 5.95. The van der Waals surface area contributed by atoms with Gasteiger partial charge < -0.3 is 10.6 Å². The summed E-state index contributed by atoms with van der Waals surface area (Å²) >= 11 is 5.94. The number of rotatable bonds is 2. The van der Waals surface area contributed by atoms with Crippen LogP contribution in [0.1, 0.15) is 10.5 Å². The molecule has 1 saturated heterocycles. The molecule has 0 unspecified atom stereocenters. The summed E-state index contributed by atoms with van der Waals surface area (Å²) < 4.78 is 24.1. The molecule has 1 aromatic heterocycles. The molecule has 9 heteroatoms. The summed E-state index contributed by atoms with van der Waals surface area (Å²) in [5.41, 5.74) is 5.64. The summed E-state index contributed by atoms with van der Waals surface area (Å²) in [6, 6.07) is 3.03. The van der Waals surface area contributed by atoms with Crippen LogP contribution in [-0.2, 0) is 10.0 Å². The normalized spacial score (nSPS) is 17.2. The average Bonchev–Trinajstić information content (AvgIpc) is 2.40. The van der Waals surface area contributed by atoms with Crippen molar-refractivity contribution in [2.75, 3.05) is 38.2 Å². The molecule has 0 atom stereocenters. The van der Waals surface area contributed by atoms with Gasteiger partial charge in [-0.25, -0.2) is 13.4 Å². The Hall–Kier alpha value is -1.38. The van der Waals surface area contributed by atoms with Crippen LogP contribution >= 0.6 is 11.6 Å². The number of nitrogen functional groups attached to an aromatic ring is 1. The molecule has 1 aliphatic heterocycles. The zero-order chi connectivity index (χ0) is 14.9. The predicted octanol–water partition coefficient (Wildman–Crippen LogP) is 0.0346. The van der Waals surface area contributed by atoms with Gasteiger partial charge in [0.1, 0.15) is 11.5 Å². The lowest BCUT2D eigenvalue weighted by Gasteiger charge is -2.33. The molecule has 20 heavy (non-hydrogen) atoms. The fourth-order valence-corrected chi connectivity index (χ4v) is 2.99. The first-order chi connectivity index (χ1) is 9.29. The first-order valence-corrected chi connectivity index (χ1v) is 8.18. The van der Waals surface area contributed by atoms with Crippen molar-refractivity contribution < 1.29 is 13.2 Å². The van der Waals surface area contributed by atoms with Crippen molar-refractivity contribution >= 4 is 33.3 Å². The highest BCUT2D eigenvalue weighted by Gasteiger charge is 2.28. The second kappa shape index (κ2) is 5.55. The van der Waals surface area contributed by atoms with E-state index in [1.807, 2.05) is 0 Å². The van der Waals surface area contributed by atoms with Crippen molar-refractivity contribution in [3.63, 3.8) is 0 Å². The SMILES string of the molecule is CS(=O)(=O)N1CCN(C(=O)c2nc(N)ccc2Cl)CC1. The maximum absolute atomic E-state index is 12.3. The van der Waals surface area contributed by atoms with E-state index < -0.39 is 10.0 Å². The van der Waals surface area contributed by atoms with Gasteiger partial charge in [0.05, 0.1) is 11.3 Å². The Morgan fingerprint density at radius 1 is 1.30 bits per heavy atom. The summed E-state index contributed by atoms with van der Waals surface area (Å²) in [4.78, 5) is 17.7. The average molecular weight is 319 g/mol. The maximum Gasteiger partial charge on any atom is 0.274 e. The van der Waals surface area contributed by atoms with Gasteiger partial charge in [-0.15, -0.1) is 0 Å². The Bertz CT molecular complexity index is 627. The van der Waals surface area contributed by atoms with Crippen molar-refractivity contribution in [1.82, 2.24) is 14.2 Å². The van der Waals surface area contributed by atoms with E-state index >= 15 is 0 Å². The minimum absolute atomic E-state index is 0.0967. The van der Waals surface area contributed by atoms with E-state index in [1.54, 1.807) is 0 Å². The number of aromatic nitrogens is 1. The molecule has 110 valence electrons. The molecule has 0 radical (unpaired) electrons. The van der Waals surface area contributed by atoms with Crippen LogP contribution < -0.4 is 5.73 Å². The third-order valence-electron chi connectivity index (χ3n) is 3.06. The number of pyridine rings is 1. The van der Waals surface area contributed by atoms with Gasteiger partial charge in [-0.3, -0.25) is 4.79 Å². The van der Waals surface area contributed by atoms with E-state index in [0.717, 1.165) is 6.26 Å². The van der Waals surface area contributed by atoms with Crippen LogP contribution in [0.15, 0.2) is 12.1 Å². The van der Waals surface area contributed by atoms with E-state index in [1.165, 1.54) is 21.3 Å². The number of nitrogens with two attached hydrogens (primary N) is 1. The number of hydrogen-bond donors (Lipinski definition) is 1. The molecule has 1 fully saturated rings. The van der Waals surface area contributed by atoms with E-state index in [2.05, 4.69) is 4.98 Å². The minimum atomic E-state index is -3.22. The molecule has 2 rings (SSSR count). The summed E-state index contributed by atoms with van der Waals surface area (Å²) in [7, 11) is -3.22. The molecule has 0 aromatic carbocycles. The molecular formula is C11H15ClN4O3S. The molecule has 0 spiro atoms. The fraction of sp³-hybridized carbons (Fsp3) is 0.455. The van der Waals surface area contributed by atoms with Gasteiger partial charge in [-0.2, -0.15) is 4.31 Å². The Kier molecular flexibility index (Phi) is 4.17. The smallest absolute Gasteiger partial charge is 0.274 e. The van der Waals surface area contributed by atoms with Crippen LogP contribution in [0, 0.1) is 0 Å². The number of amides is 1. The van der Waals surface area contributed by atoms with Gasteiger partial charge in [0, 0.05) is 26.2 Å². The zero-order valence-corrected chi connectivity index (χ0v) is 12.5.